The van der Waals surface area contributed by atoms with Gasteiger partial charge in [0, 0.05) is 6.20 Å². The third-order valence-electron chi connectivity index (χ3n) is 3.58. The highest BCUT2D eigenvalue weighted by Gasteiger charge is 2.20. The second kappa shape index (κ2) is 4.93. The monoisotopic (exact) mass is 265 g/mol. The number of nitrogens with zero attached hydrogens (tertiary/aromatic N) is 1. The molecule has 0 aliphatic heterocycles. The first-order valence-corrected chi connectivity index (χ1v) is 6.59. The Bertz CT molecular complexity index is 717. The van der Waals surface area contributed by atoms with Crippen LogP contribution in [0.25, 0.3) is 6.08 Å². The normalized spacial score (nSPS) is 12.9. The molecule has 1 aliphatic carbocycles. The number of aromatic carboxylic acids is 1. The highest BCUT2D eigenvalue weighted by Crippen LogP contribution is 2.28. The number of pyridine rings is 1. The SMILES string of the molecule is Cc1cccc(CC2=Cc3nccc(C(=O)O)c3C2)c1. The maximum Gasteiger partial charge on any atom is 0.336 e. The van der Waals surface area contributed by atoms with Gasteiger partial charge in [0.25, 0.3) is 0 Å². The Morgan fingerprint density at radius 2 is 2.20 bits per heavy atom. The quantitative estimate of drug-likeness (QED) is 0.926. The Hall–Kier alpha value is -2.42. The summed E-state index contributed by atoms with van der Waals surface area (Å²) in [6.07, 6.45) is 5.11. The molecule has 3 nitrogen and oxygen atoms in total. The molecular formula is C17H15NO2. The average molecular weight is 265 g/mol. The van der Waals surface area contributed by atoms with E-state index in [1.165, 1.54) is 16.7 Å². The zero-order valence-corrected chi connectivity index (χ0v) is 11.3. The summed E-state index contributed by atoms with van der Waals surface area (Å²) in [7, 11) is 0. The van der Waals surface area contributed by atoms with E-state index in [9.17, 15) is 9.90 Å². The molecule has 1 aromatic carbocycles. The number of aryl methyl sites for hydroxylation is 1. The molecule has 3 heteroatoms. The molecule has 1 aromatic heterocycles. The van der Waals surface area contributed by atoms with Crippen molar-refractivity contribution in [3.8, 4) is 0 Å². The van der Waals surface area contributed by atoms with Crippen LogP contribution in [0, 0.1) is 6.92 Å². The minimum atomic E-state index is -0.881. The number of fused-ring (bicyclic) bond motifs is 1. The Morgan fingerprint density at radius 1 is 1.35 bits per heavy atom. The maximum absolute atomic E-state index is 11.2. The third kappa shape index (κ3) is 2.35. The lowest BCUT2D eigenvalue weighted by molar-refractivity contribution is 0.0695. The summed E-state index contributed by atoms with van der Waals surface area (Å²) in [5, 5.41) is 9.21. The maximum atomic E-state index is 11.2. The van der Waals surface area contributed by atoms with Crippen LogP contribution in [-0.2, 0) is 12.8 Å². The highest BCUT2D eigenvalue weighted by atomic mass is 16.4. The molecule has 0 saturated carbocycles. The lowest BCUT2D eigenvalue weighted by atomic mass is 10.0. The van der Waals surface area contributed by atoms with E-state index in [0.717, 1.165) is 17.7 Å². The number of carboxylic acid groups (broad SMARTS) is 1. The van der Waals surface area contributed by atoms with E-state index in [4.69, 9.17) is 0 Å². The second-order valence-electron chi connectivity index (χ2n) is 5.17. The minimum Gasteiger partial charge on any atom is -0.478 e. The third-order valence-corrected chi connectivity index (χ3v) is 3.58. The van der Waals surface area contributed by atoms with Crippen LogP contribution in [0.4, 0.5) is 0 Å². The molecule has 2 aromatic rings. The highest BCUT2D eigenvalue weighted by molar-refractivity contribution is 5.91. The predicted octanol–water partition coefficient (Wildman–Crippen LogP) is 3.27. The van der Waals surface area contributed by atoms with Crippen molar-refractivity contribution in [2.45, 2.75) is 19.8 Å². The first-order valence-electron chi connectivity index (χ1n) is 6.59. The van der Waals surface area contributed by atoms with Gasteiger partial charge in [-0.2, -0.15) is 0 Å². The van der Waals surface area contributed by atoms with E-state index in [1.54, 1.807) is 12.3 Å². The molecule has 100 valence electrons. The standard InChI is InChI=1S/C17H15NO2/c1-11-3-2-4-12(7-11)8-13-9-15-14(17(19)20)5-6-18-16(15)10-13/h2-7,10H,8-9H2,1H3,(H,19,20). The first-order chi connectivity index (χ1) is 9.63. The smallest absolute Gasteiger partial charge is 0.336 e. The Morgan fingerprint density at radius 3 is 2.95 bits per heavy atom. The number of hydrogen-bond donors (Lipinski definition) is 1. The van der Waals surface area contributed by atoms with Crippen LogP contribution in [0.3, 0.4) is 0 Å². The van der Waals surface area contributed by atoms with Gasteiger partial charge in [-0.25, -0.2) is 4.79 Å². The molecule has 0 radical (unpaired) electrons. The molecule has 0 bridgehead atoms. The molecule has 3 rings (SSSR count). The summed E-state index contributed by atoms with van der Waals surface area (Å²) in [4.78, 5) is 15.5. The van der Waals surface area contributed by atoms with Crippen LogP contribution >= 0.6 is 0 Å². The zero-order chi connectivity index (χ0) is 14.1. The summed E-state index contributed by atoms with van der Waals surface area (Å²) >= 11 is 0. The molecule has 0 saturated heterocycles. The number of hydrogen-bond acceptors (Lipinski definition) is 2. The van der Waals surface area contributed by atoms with E-state index < -0.39 is 5.97 Å². The van der Waals surface area contributed by atoms with Gasteiger partial charge in [-0.15, -0.1) is 0 Å². The molecule has 0 atom stereocenters. The summed E-state index contributed by atoms with van der Waals surface area (Å²) in [6.45, 7) is 2.07. The molecule has 0 amide bonds. The van der Waals surface area contributed by atoms with Crippen LogP contribution in [0.2, 0.25) is 0 Å². The van der Waals surface area contributed by atoms with Gasteiger partial charge in [0.15, 0.2) is 0 Å². The van der Waals surface area contributed by atoms with E-state index >= 15 is 0 Å². The van der Waals surface area contributed by atoms with Crippen LogP contribution in [0.15, 0.2) is 42.1 Å². The molecule has 0 unspecified atom stereocenters. The van der Waals surface area contributed by atoms with Crippen molar-refractivity contribution in [3.63, 3.8) is 0 Å². The van der Waals surface area contributed by atoms with Gasteiger partial charge in [0.05, 0.1) is 11.3 Å². The van der Waals surface area contributed by atoms with Crippen LogP contribution in [0.5, 0.6) is 0 Å². The van der Waals surface area contributed by atoms with Gasteiger partial charge < -0.3 is 5.11 Å². The molecule has 1 aliphatic rings. The predicted molar refractivity (Wildman–Crippen MR) is 77.8 cm³/mol. The lowest BCUT2D eigenvalue weighted by Crippen LogP contribution is -2.03. The van der Waals surface area contributed by atoms with Crippen LogP contribution < -0.4 is 0 Å². The number of rotatable bonds is 3. The van der Waals surface area contributed by atoms with Gasteiger partial charge in [0.2, 0.25) is 0 Å². The first kappa shape index (κ1) is 12.6. The van der Waals surface area contributed by atoms with Crippen LogP contribution in [-0.4, -0.2) is 16.1 Å². The molecule has 0 spiro atoms. The molecule has 1 N–H and O–H groups in total. The average Bonchev–Trinajstić information content (AvgIpc) is 2.80. The van der Waals surface area contributed by atoms with Crippen molar-refractivity contribution >= 4 is 12.0 Å². The lowest BCUT2D eigenvalue weighted by Gasteiger charge is -2.05. The zero-order valence-electron chi connectivity index (χ0n) is 11.3. The number of carboxylic acids is 1. The fraction of sp³-hybridized carbons (Fsp3) is 0.176. The van der Waals surface area contributed by atoms with Crippen LogP contribution in [0.1, 0.15) is 32.7 Å². The van der Waals surface area contributed by atoms with Gasteiger partial charge in [-0.1, -0.05) is 35.4 Å². The van der Waals surface area contributed by atoms with Crippen molar-refractivity contribution in [2.75, 3.05) is 0 Å². The topological polar surface area (TPSA) is 50.2 Å². The number of benzene rings is 1. The largest absolute Gasteiger partial charge is 0.478 e. The second-order valence-corrected chi connectivity index (χ2v) is 5.17. The van der Waals surface area contributed by atoms with Crippen molar-refractivity contribution in [3.05, 3.63) is 70.0 Å². The van der Waals surface area contributed by atoms with Crippen molar-refractivity contribution < 1.29 is 9.90 Å². The van der Waals surface area contributed by atoms with E-state index in [-0.39, 0.29) is 0 Å². The number of allylic oxidation sites excluding steroid dienone is 1. The summed E-state index contributed by atoms with van der Waals surface area (Å²) in [5.74, 6) is -0.881. The van der Waals surface area contributed by atoms with Crippen molar-refractivity contribution in [1.82, 2.24) is 4.98 Å². The number of aromatic nitrogens is 1. The fourth-order valence-electron chi connectivity index (χ4n) is 2.69. The van der Waals surface area contributed by atoms with Crippen molar-refractivity contribution in [2.24, 2.45) is 0 Å². The van der Waals surface area contributed by atoms with E-state index in [2.05, 4.69) is 30.1 Å². The minimum absolute atomic E-state index is 0.366. The molecule has 20 heavy (non-hydrogen) atoms. The number of carbonyl (C=O) groups is 1. The Kier molecular flexibility index (Phi) is 3.11. The Labute approximate surface area is 117 Å². The molecular weight excluding hydrogens is 250 g/mol. The van der Waals surface area contributed by atoms with Gasteiger partial charge in [-0.05, 0) is 43.0 Å². The van der Waals surface area contributed by atoms with E-state index in [1.807, 2.05) is 12.1 Å². The summed E-state index contributed by atoms with van der Waals surface area (Å²) < 4.78 is 0. The van der Waals surface area contributed by atoms with E-state index in [0.29, 0.717) is 12.0 Å². The van der Waals surface area contributed by atoms with Gasteiger partial charge >= 0.3 is 5.97 Å². The molecule has 0 fully saturated rings. The molecule has 1 heterocycles. The van der Waals surface area contributed by atoms with Crippen molar-refractivity contribution in [1.29, 1.82) is 0 Å². The summed E-state index contributed by atoms with van der Waals surface area (Å²) in [5.41, 5.74) is 5.70. The summed E-state index contributed by atoms with van der Waals surface area (Å²) in [6, 6.07) is 9.96. The van der Waals surface area contributed by atoms with Gasteiger partial charge in [0.1, 0.15) is 0 Å². The fourth-order valence-corrected chi connectivity index (χ4v) is 2.69. The Balaban J connectivity index is 1.86. The van der Waals surface area contributed by atoms with Gasteiger partial charge in [-0.3, -0.25) is 4.98 Å².